The molecule has 0 aromatic heterocycles. The van der Waals surface area contributed by atoms with Gasteiger partial charge in [0.2, 0.25) is 15.9 Å². The monoisotopic (exact) mass is 368 g/mol. The largest absolute Gasteiger partial charge is 0.494 e. The van der Waals surface area contributed by atoms with E-state index in [1.54, 1.807) is 17.0 Å². The van der Waals surface area contributed by atoms with Gasteiger partial charge in [-0.15, -0.1) is 0 Å². The van der Waals surface area contributed by atoms with Gasteiger partial charge in [-0.25, -0.2) is 8.42 Å². The highest BCUT2D eigenvalue weighted by molar-refractivity contribution is 7.89. The molecule has 1 amide bonds. The van der Waals surface area contributed by atoms with Crippen LogP contribution in [0.3, 0.4) is 0 Å². The van der Waals surface area contributed by atoms with Gasteiger partial charge in [0.15, 0.2) is 0 Å². The van der Waals surface area contributed by atoms with Gasteiger partial charge in [-0.2, -0.15) is 4.72 Å². The molecular weight excluding hydrogens is 340 g/mol. The molecule has 0 radical (unpaired) electrons. The lowest BCUT2D eigenvalue weighted by Crippen LogP contribution is -2.52. The number of benzene rings is 1. The van der Waals surface area contributed by atoms with E-state index in [2.05, 4.69) is 4.72 Å². The first kappa shape index (κ1) is 19.7. The Morgan fingerprint density at radius 3 is 2.28 bits per heavy atom. The number of sulfonamides is 1. The second-order valence-corrected chi connectivity index (χ2v) is 8.35. The van der Waals surface area contributed by atoms with Crippen molar-refractivity contribution in [2.75, 3.05) is 19.7 Å². The van der Waals surface area contributed by atoms with Crippen LogP contribution < -0.4 is 9.46 Å². The van der Waals surface area contributed by atoms with Gasteiger partial charge in [-0.3, -0.25) is 4.79 Å². The first-order valence-electron chi connectivity index (χ1n) is 8.89. The zero-order valence-corrected chi connectivity index (χ0v) is 16.0. The minimum atomic E-state index is -3.77. The van der Waals surface area contributed by atoms with Crippen LogP contribution in [-0.2, 0) is 14.8 Å². The number of piperidine rings is 1. The van der Waals surface area contributed by atoms with Gasteiger partial charge in [0, 0.05) is 13.1 Å². The molecule has 7 heteroatoms. The number of hydrogen-bond donors (Lipinski definition) is 1. The summed E-state index contributed by atoms with van der Waals surface area (Å²) in [6.07, 6.45) is 3.07. The summed E-state index contributed by atoms with van der Waals surface area (Å²) in [6, 6.07) is 5.48. The maximum absolute atomic E-state index is 12.8. The lowest BCUT2D eigenvalue weighted by Gasteiger charge is -2.32. The van der Waals surface area contributed by atoms with Crippen LogP contribution in [0.15, 0.2) is 29.2 Å². The van der Waals surface area contributed by atoms with Crippen molar-refractivity contribution < 1.29 is 17.9 Å². The molecule has 0 bridgehead atoms. The molecule has 1 atom stereocenters. The summed E-state index contributed by atoms with van der Waals surface area (Å²) < 4.78 is 33.3. The molecule has 1 aromatic rings. The van der Waals surface area contributed by atoms with Crippen LogP contribution in [0.1, 0.15) is 40.0 Å². The van der Waals surface area contributed by atoms with Crippen molar-refractivity contribution in [2.45, 2.75) is 51.0 Å². The molecule has 0 unspecified atom stereocenters. The van der Waals surface area contributed by atoms with Crippen molar-refractivity contribution in [3.63, 3.8) is 0 Å². The molecule has 0 saturated carbocycles. The normalized spacial score (nSPS) is 16.7. The van der Waals surface area contributed by atoms with E-state index < -0.39 is 16.1 Å². The second kappa shape index (κ2) is 8.67. The number of amides is 1. The highest BCUT2D eigenvalue weighted by Gasteiger charge is 2.32. The van der Waals surface area contributed by atoms with Gasteiger partial charge >= 0.3 is 0 Å². The topological polar surface area (TPSA) is 75.7 Å². The number of carbonyl (C=O) groups is 1. The quantitative estimate of drug-likeness (QED) is 0.802. The Hall–Kier alpha value is -1.60. The number of nitrogens with one attached hydrogen (secondary N) is 1. The molecule has 25 heavy (non-hydrogen) atoms. The van der Waals surface area contributed by atoms with Crippen LogP contribution in [0, 0.1) is 5.92 Å². The molecule has 1 heterocycles. The molecule has 1 aromatic carbocycles. The van der Waals surface area contributed by atoms with Gasteiger partial charge in [-0.05, 0) is 56.4 Å². The third-order valence-electron chi connectivity index (χ3n) is 4.33. The van der Waals surface area contributed by atoms with Crippen LogP contribution in [0.5, 0.6) is 5.75 Å². The van der Waals surface area contributed by atoms with Crippen LogP contribution in [0.4, 0.5) is 0 Å². The van der Waals surface area contributed by atoms with E-state index >= 15 is 0 Å². The minimum absolute atomic E-state index is 0.132. The van der Waals surface area contributed by atoms with Crippen molar-refractivity contribution in [3.05, 3.63) is 24.3 Å². The summed E-state index contributed by atoms with van der Waals surface area (Å²) in [5.74, 6) is 0.349. The summed E-state index contributed by atoms with van der Waals surface area (Å²) in [7, 11) is -3.77. The Balaban J connectivity index is 2.15. The molecule has 1 saturated heterocycles. The Morgan fingerprint density at radius 2 is 1.76 bits per heavy atom. The zero-order chi connectivity index (χ0) is 18.4. The first-order chi connectivity index (χ1) is 11.8. The highest BCUT2D eigenvalue weighted by atomic mass is 32.2. The maximum Gasteiger partial charge on any atom is 0.241 e. The first-order valence-corrected chi connectivity index (χ1v) is 10.4. The van der Waals surface area contributed by atoms with Crippen LogP contribution >= 0.6 is 0 Å². The zero-order valence-electron chi connectivity index (χ0n) is 15.2. The SMILES string of the molecule is CCOc1ccc(S(=O)(=O)N[C@@H](C(=O)N2CCCCC2)C(C)C)cc1. The van der Waals surface area contributed by atoms with Gasteiger partial charge in [0.1, 0.15) is 11.8 Å². The lowest BCUT2D eigenvalue weighted by atomic mass is 10.0. The van der Waals surface area contributed by atoms with E-state index in [4.69, 9.17) is 4.74 Å². The molecule has 2 rings (SSSR count). The fourth-order valence-corrected chi connectivity index (χ4v) is 4.24. The number of carbonyl (C=O) groups excluding carboxylic acids is 1. The summed E-state index contributed by atoms with van der Waals surface area (Å²) in [6.45, 7) is 7.50. The third kappa shape index (κ3) is 5.19. The van der Waals surface area contributed by atoms with E-state index in [1.807, 2.05) is 20.8 Å². The predicted molar refractivity (Wildman–Crippen MR) is 97.0 cm³/mol. The third-order valence-corrected chi connectivity index (χ3v) is 5.78. The molecular formula is C18H28N2O4S. The number of hydrogen-bond acceptors (Lipinski definition) is 4. The molecule has 1 aliphatic heterocycles. The van der Waals surface area contributed by atoms with Gasteiger partial charge in [-0.1, -0.05) is 13.8 Å². The van der Waals surface area contributed by atoms with Crippen molar-refractivity contribution in [2.24, 2.45) is 5.92 Å². The van der Waals surface area contributed by atoms with Crippen molar-refractivity contribution in [1.82, 2.24) is 9.62 Å². The standard InChI is InChI=1S/C18H28N2O4S/c1-4-24-15-8-10-16(11-9-15)25(22,23)19-17(14(2)3)18(21)20-12-6-5-7-13-20/h8-11,14,17,19H,4-7,12-13H2,1-3H3/t17-/m1/s1. The number of ether oxygens (including phenoxy) is 1. The van der Waals surface area contributed by atoms with Crippen molar-refractivity contribution in [1.29, 1.82) is 0 Å². The van der Waals surface area contributed by atoms with Crippen LogP contribution in [-0.4, -0.2) is 45.0 Å². The molecule has 0 aliphatic carbocycles. The van der Waals surface area contributed by atoms with E-state index in [9.17, 15) is 13.2 Å². The van der Waals surface area contributed by atoms with Gasteiger partial charge in [0.05, 0.1) is 11.5 Å². The van der Waals surface area contributed by atoms with Crippen LogP contribution in [0.2, 0.25) is 0 Å². The fourth-order valence-electron chi connectivity index (χ4n) is 2.90. The van der Waals surface area contributed by atoms with E-state index in [1.165, 1.54) is 12.1 Å². The number of rotatable bonds is 7. The Bertz CT molecular complexity index is 665. The van der Waals surface area contributed by atoms with E-state index in [-0.39, 0.29) is 16.7 Å². The van der Waals surface area contributed by atoms with Crippen LogP contribution in [0.25, 0.3) is 0 Å². The second-order valence-electron chi connectivity index (χ2n) is 6.63. The van der Waals surface area contributed by atoms with E-state index in [0.29, 0.717) is 25.4 Å². The van der Waals surface area contributed by atoms with Gasteiger partial charge in [0.25, 0.3) is 0 Å². The molecule has 140 valence electrons. The smallest absolute Gasteiger partial charge is 0.241 e. The minimum Gasteiger partial charge on any atom is -0.494 e. The lowest BCUT2D eigenvalue weighted by molar-refractivity contribution is -0.134. The van der Waals surface area contributed by atoms with Crippen molar-refractivity contribution in [3.8, 4) is 5.75 Å². The Labute approximate surface area is 150 Å². The Kier molecular flexibility index (Phi) is 6.84. The average Bonchev–Trinajstić information content (AvgIpc) is 2.60. The number of nitrogens with zero attached hydrogens (tertiary/aromatic N) is 1. The average molecular weight is 368 g/mol. The van der Waals surface area contributed by atoms with Gasteiger partial charge < -0.3 is 9.64 Å². The summed E-state index contributed by atoms with van der Waals surface area (Å²) in [4.78, 5) is 14.7. The molecule has 1 aliphatic rings. The number of likely N-dealkylation sites (tertiary alicyclic amines) is 1. The predicted octanol–water partition coefficient (Wildman–Crippen LogP) is 2.40. The Morgan fingerprint density at radius 1 is 1.16 bits per heavy atom. The fraction of sp³-hybridized carbons (Fsp3) is 0.611. The van der Waals surface area contributed by atoms with E-state index in [0.717, 1.165) is 19.3 Å². The summed E-state index contributed by atoms with van der Waals surface area (Å²) in [5, 5.41) is 0. The van der Waals surface area contributed by atoms with Crippen molar-refractivity contribution >= 4 is 15.9 Å². The molecule has 0 spiro atoms. The maximum atomic E-state index is 12.8. The summed E-state index contributed by atoms with van der Waals surface area (Å²) >= 11 is 0. The molecule has 1 fully saturated rings. The molecule has 6 nitrogen and oxygen atoms in total. The highest BCUT2D eigenvalue weighted by Crippen LogP contribution is 2.19. The molecule has 1 N–H and O–H groups in total. The summed E-state index contributed by atoms with van der Waals surface area (Å²) in [5.41, 5.74) is 0.